The van der Waals surface area contributed by atoms with Crippen LogP contribution in [0.3, 0.4) is 0 Å². The summed E-state index contributed by atoms with van der Waals surface area (Å²) in [6.07, 6.45) is 2.52. The van der Waals surface area contributed by atoms with E-state index in [1.165, 1.54) is 12.7 Å². The number of thioether (sulfide) groups is 1. The summed E-state index contributed by atoms with van der Waals surface area (Å²) < 4.78 is 4.73. The van der Waals surface area contributed by atoms with Crippen LogP contribution in [0.1, 0.15) is 42.1 Å². The van der Waals surface area contributed by atoms with Crippen molar-refractivity contribution in [2.75, 3.05) is 19.1 Å². The molecule has 1 rings (SSSR count). The van der Waals surface area contributed by atoms with E-state index in [4.69, 9.17) is 4.74 Å². The van der Waals surface area contributed by atoms with Crippen molar-refractivity contribution in [3.8, 4) is 0 Å². The maximum atomic E-state index is 12.2. The highest BCUT2D eigenvalue weighted by atomic mass is 32.2. The van der Waals surface area contributed by atoms with E-state index in [1.807, 2.05) is 18.4 Å². The number of nitrogens with one attached hydrogen (secondary N) is 1. The Labute approximate surface area is 130 Å². The van der Waals surface area contributed by atoms with E-state index in [2.05, 4.69) is 19.2 Å². The normalized spacial score (nSPS) is 12.0. The van der Waals surface area contributed by atoms with Crippen molar-refractivity contribution in [2.24, 2.45) is 0 Å². The average molecular weight is 309 g/mol. The lowest BCUT2D eigenvalue weighted by atomic mass is 10.0. The first-order valence-corrected chi connectivity index (χ1v) is 8.36. The average Bonchev–Trinajstić information content (AvgIpc) is 2.50. The number of carbonyl (C=O) groups excluding carboxylic acids is 2. The van der Waals surface area contributed by atoms with Gasteiger partial charge in [-0.15, -0.1) is 0 Å². The fourth-order valence-electron chi connectivity index (χ4n) is 1.89. The van der Waals surface area contributed by atoms with Crippen molar-refractivity contribution in [3.63, 3.8) is 0 Å². The number of ether oxygens (including phenoxy) is 1. The maximum Gasteiger partial charge on any atom is 0.328 e. The molecule has 1 atom stereocenters. The van der Waals surface area contributed by atoms with Crippen LogP contribution in [0.2, 0.25) is 0 Å². The molecule has 4 nitrogen and oxygen atoms in total. The third kappa shape index (κ3) is 5.42. The van der Waals surface area contributed by atoms with Gasteiger partial charge in [-0.25, -0.2) is 4.79 Å². The van der Waals surface area contributed by atoms with Crippen LogP contribution in [-0.2, 0) is 9.53 Å². The van der Waals surface area contributed by atoms with Gasteiger partial charge in [0.05, 0.1) is 7.11 Å². The first-order valence-electron chi connectivity index (χ1n) is 6.97. The van der Waals surface area contributed by atoms with E-state index in [9.17, 15) is 9.59 Å². The lowest BCUT2D eigenvalue weighted by Gasteiger charge is -2.16. The Hall–Kier alpha value is -1.49. The van der Waals surface area contributed by atoms with Crippen LogP contribution in [0.4, 0.5) is 0 Å². The van der Waals surface area contributed by atoms with Crippen LogP contribution in [0, 0.1) is 0 Å². The molecular formula is C16H23NO3S. The van der Waals surface area contributed by atoms with Gasteiger partial charge in [-0.1, -0.05) is 26.0 Å². The molecule has 5 heteroatoms. The van der Waals surface area contributed by atoms with Gasteiger partial charge in [0, 0.05) is 5.56 Å². The Morgan fingerprint density at radius 3 is 2.33 bits per heavy atom. The third-order valence-corrected chi connectivity index (χ3v) is 3.89. The summed E-state index contributed by atoms with van der Waals surface area (Å²) in [4.78, 5) is 23.9. The first-order chi connectivity index (χ1) is 9.99. The quantitative estimate of drug-likeness (QED) is 0.787. The van der Waals surface area contributed by atoms with Crippen molar-refractivity contribution >= 4 is 23.6 Å². The van der Waals surface area contributed by atoms with E-state index in [0.29, 0.717) is 17.9 Å². The molecule has 1 aromatic carbocycles. The van der Waals surface area contributed by atoms with Crippen LogP contribution in [-0.4, -0.2) is 37.0 Å². The highest BCUT2D eigenvalue weighted by molar-refractivity contribution is 7.98. The number of hydrogen-bond donors (Lipinski definition) is 1. The van der Waals surface area contributed by atoms with E-state index < -0.39 is 12.0 Å². The molecule has 1 amide bonds. The SMILES string of the molecule is COC(=O)[C@H](CCSC)NC(=O)c1ccc(C(C)C)cc1. The fourth-order valence-corrected chi connectivity index (χ4v) is 2.36. The first kappa shape index (κ1) is 17.6. The second kappa shape index (κ2) is 8.72. The number of hydrogen-bond acceptors (Lipinski definition) is 4. The van der Waals surface area contributed by atoms with E-state index in [1.54, 1.807) is 23.9 Å². The molecule has 21 heavy (non-hydrogen) atoms. The summed E-state index contributed by atoms with van der Waals surface area (Å²) >= 11 is 1.63. The maximum absolute atomic E-state index is 12.2. The molecule has 1 N–H and O–H groups in total. The standard InChI is InChI=1S/C16H23NO3S/c1-11(2)12-5-7-13(8-6-12)15(18)17-14(9-10-21-4)16(19)20-3/h5-8,11,14H,9-10H2,1-4H3,(H,17,18)/t14-/m0/s1. The van der Waals surface area contributed by atoms with Crippen molar-refractivity contribution in [1.82, 2.24) is 5.32 Å². The number of amides is 1. The van der Waals surface area contributed by atoms with E-state index in [0.717, 1.165) is 5.75 Å². The van der Waals surface area contributed by atoms with Gasteiger partial charge in [-0.2, -0.15) is 11.8 Å². The van der Waals surface area contributed by atoms with Gasteiger partial charge in [0.2, 0.25) is 0 Å². The molecule has 0 heterocycles. The summed E-state index contributed by atoms with van der Waals surface area (Å²) in [5.41, 5.74) is 1.73. The number of methoxy groups -OCH3 is 1. The van der Waals surface area contributed by atoms with E-state index in [-0.39, 0.29) is 5.91 Å². The van der Waals surface area contributed by atoms with Crippen molar-refractivity contribution < 1.29 is 14.3 Å². The molecule has 0 saturated carbocycles. The van der Waals surface area contributed by atoms with Gasteiger partial charge in [-0.05, 0) is 42.0 Å². The van der Waals surface area contributed by atoms with Gasteiger partial charge < -0.3 is 10.1 Å². The summed E-state index contributed by atoms with van der Waals surface area (Å²) in [6, 6.07) is 6.85. The molecular weight excluding hydrogens is 286 g/mol. The van der Waals surface area contributed by atoms with Crippen LogP contribution in [0.5, 0.6) is 0 Å². The summed E-state index contributed by atoms with van der Waals surface area (Å²) in [6.45, 7) is 4.20. The highest BCUT2D eigenvalue weighted by Crippen LogP contribution is 2.15. The molecule has 0 aliphatic heterocycles. The molecule has 0 aliphatic carbocycles. The zero-order valence-electron chi connectivity index (χ0n) is 13.0. The number of carbonyl (C=O) groups is 2. The summed E-state index contributed by atoms with van der Waals surface area (Å²) in [7, 11) is 1.33. The highest BCUT2D eigenvalue weighted by Gasteiger charge is 2.21. The van der Waals surface area contributed by atoms with Crippen LogP contribution < -0.4 is 5.32 Å². The van der Waals surface area contributed by atoms with Crippen molar-refractivity contribution in [1.29, 1.82) is 0 Å². The van der Waals surface area contributed by atoms with Crippen molar-refractivity contribution in [2.45, 2.75) is 32.2 Å². The molecule has 1 aromatic rings. The minimum Gasteiger partial charge on any atom is -0.467 e. The minimum atomic E-state index is -0.597. The molecule has 0 unspecified atom stereocenters. The predicted molar refractivity (Wildman–Crippen MR) is 86.8 cm³/mol. The molecule has 0 aliphatic rings. The third-order valence-electron chi connectivity index (χ3n) is 3.24. The largest absolute Gasteiger partial charge is 0.467 e. The molecule has 0 bridgehead atoms. The monoisotopic (exact) mass is 309 g/mol. The fraction of sp³-hybridized carbons (Fsp3) is 0.500. The van der Waals surface area contributed by atoms with Gasteiger partial charge in [0.25, 0.3) is 5.91 Å². The Morgan fingerprint density at radius 1 is 1.24 bits per heavy atom. The molecule has 0 aromatic heterocycles. The van der Waals surface area contributed by atoms with Crippen LogP contribution in [0.15, 0.2) is 24.3 Å². The Balaban J connectivity index is 2.74. The zero-order chi connectivity index (χ0) is 15.8. The van der Waals surface area contributed by atoms with Crippen molar-refractivity contribution in [3.05, 3.63) is 35.4 Å². The number of esters is 1. The minimum absolute atomic E-state index is 0.248. The van der Waals surface area contributed by atoms with Crippen LogP contribution in [0.25, 0.3) is 0 Å². The number of benzene rings is 1. The second-order valence-electron chi connectivity index (χ2n) is 5.11. The van der Waals surface area contributed by atoms with Crippen LogP contribution >= 0.6 is 11.8 Å². The zero-order valence-corrected chi connectivity index (χ0v) is 13.8. The van der Waals surface area contributed by atoms with Gasteiger partial charge >= 0.3 is 5.97 Å². The Kier molecular flexibility index (Phi) is 7.29. The second-order valence-corrected chi connectivity index (χ2v) is 6.09. The lowest BCUT2D eigenvalue weighted by Crippen LogP contribution is -2.41. The lowest BCUT2D eigenvalue weighted by molar-refractivity contribution is -0.142. The smallest absolute Gasteiger partial charge is 0.328 e. The van der Waals surface area contributed by atoms with Gasteiger partial charge in [0.15, 0.2) is 0 Å². The van der Waals surface area contributed by atoms with Gasteiger partial charge in [0.1, 0.15) is 6.04 Å². The summed E-state index contributed by atoms with van der Waals surface area (Å²) in [5.74, 6) is 0.552. The predicted octanol–water partition coefficient (Wildman–Crippen LogP) is 2.83. The Bertz CT molecular complexity index is 471. The molecule has 116 valence electrons. The molecule has 0 fully saturated rings. The van der Waals surface area contributed by atoms with E-state index >= 15 is 0 Å². The summed E-state index contributed by atoms with van der Waals surface area (Å²) in [5, 5.41) is 2.74. The van der Waals surface area contributed by atoms with Gasteiger partial charge in [-0.3, -0.25) is 4.79 Å². The molecule has 0 saturated heterocycles. The molecule has 0 spiro atoms. The molecule has 0 radical (unpaired) electrons. The Morgan fingerprint density at radius 2 is 1.86 bits per heavy atom. The topological polar surface area (TPSA) is 55.4 Å². The number of rotatable bonds is 7.